The maximum Gasteiger partial charge on any atom is 0.227 e. The average molecular weight is 488 g/mol. The highest BCUT2D eigenvalue weighted by Gasteiger charge is 2.22. The third kappa shape index (κ3) is 4.60. The molecule has 0 unspecified atom stereocenters. The van der Waals surface area contributed by atoms with E-state index in [1.54, 1.807) is 18.2 Å². The van der Waals surface area contributed by atoms with E-state index in [9.17, 15) is 9.65 Å². The van der Waals surface area contributed by atoms with Crippen LogP contribution < -0.4 is 20.4 Å². The Labute approximate surface area is 209 Å². The Kier molecular flexibility index (Phi) is 6.53. The molecule has 3 aromatic rings. The second-order valence-electron chi connectivity index (χ2n) is 9.14. The van der Waals surface area contributed by atoms with Crippen molar-refractivity contribution in [3.8, 4) is 17.3 Å². The Morgan fingerprint density at radius 1 is 1.08 bits per heavy atom. The highest BCUT2D eigenvalue weighted by molar-refractivity contribution is 5.78. The van der Waals surface area contributed by atoms with Crippen molar-refractivity contribution >= 4 is 29.1 Å². The first-order valence-electron chi connectivity index (χ1n) is 12.0. The van der Waals surface area contributed by atoms with Crippen molar-refractivity contribution in [1.82, 2.24) is 15.3 Å². The summed E-state index contributed by atoms with van der Waals surface area (Å²) in [6, 6.07) is 10.9. The molecule has 7 nitrogen and oxygen atoms in total. The number of rotatable bonds is 5. The minimum absolute atomic E-state index is 0.00500. The lowest BCUT2D eigenvalue weighted by atomic mass is 10.0. The first kappa shape index (κ1) is 23.7. The molecule has 0 spiro atoms. The molecule has 36 heavy (non-hydrogen) atoms. The number of nitrogens with one attached hydrogen (secondary N) is 2. The highest BCUT2D eigenvalue weighted by Crippen LogP contribution is 2.35. The second kappa shape index (κ2) is 9.91. The predicted octanol–water partition coefficient (Wildman–Crippen LogP) is 4.69. The van der Waals surface area contributed by atoms with Gasteiger partial charge in [0, 0.05) is 61.3 Å². The number of hydrogen-bond donors (Lipinski definition) is 2. The van der Waals surface area contributed by atoms with E-state index in [1.807, 2.05) is 32.1 Å². The molecule has 3 heterocycles. The van der Waals surface area contributed by atoms with Gasteiger partial charge in [-0.3, -0.25) is 0 Å². The van der Waals surface area contributed by atoms with Crippen molar-refractivity contribution in [2.45, 2.75) is 19.9 Å². The van der Waals surface area contributed by atoms with E-state index in [4.69, 9.17) is 0 Å². The van der Waals surface area contributed by atoms with Gasteiger partial charge >= 0.3 is 0 Å². The third-order valence-corrected chi connectivity index (χ3v) is 6.48. The number of hydrogen-bond acceptors (Lipinski definition) is 7. The van der Waals surface area contributed by atoms with Gasteiger partial charge in [-0.15, -0.1) is 0 Å². The van der Waals surface area contributed by atoms with Gasteiger partial charge in [0.05, 0.1) is 17.4 Å². The summed E-state index contributed by atoms with van der Waals surface area (Å²) in [5.74, 6) is -0.920. The zero-order valence-corrected chi connectivity index (χ0v) is 20.2. The number of piperazine rings is 1. The molecule has 184 valence electrons. The van der Waals surface area contributed by atoms with Crippen LogP contribution >= 0.6 is 0 Å². The van der Waals surface area contributed by atoms with Crippen LogP contribution in [0, 0.1) is 23.0 Å². The minimum atomic E-state index is -0.644. The second-order valence-corrected chi connectivity index (χ2v) is 9.14. The van der Waals surface area contributed by atoms with Crippen molar-refractivity contribution in [1.29, 1.82) is 5.26 Å². The van der Waals surface area contributed by atoms with Crippen molar-refractivity contribution in [3.05, 3.63) is 65.4 Å². The highest BCUT2D eigenvalue weighted by atomic mass is 19.1. The van der Waals surface area contributed by atoms with Crippen LogP contribution in [-0.2, 0) is 0 Å². The number of aromatic nitrogens is 2. The SMILES string of the molecule is CC(C)N1CC=Cc2c(F)cc(-c3nc(Nc4ccc(N5CCNCC5)c(C#N)c4)ncc3F)cc21. The molecule has 9 heteroatoms. The Balaban J connectivity index is 1.46. The topological polar surface area (TPSA) is 80.1 Å². The van der Waals surface area contributed by atoms with E-state index < -0.39 is 11.6 Å². The van der Waals surface area contributed by atoms with Crippen LogP contribution in [-0.4, -0.2) is 48.7 Å². The Morgan fingerprint density at radius 2 is 1.89 bits per heavy atom. The summed E-state index contributed by atoms with van der Waals surface area (Å²) in [7, 11) is 0. The summed E-state index contributed by atoms with van der Waals surface area (Å²) in [4.78, 5) is 12.7. The summed E-state index contributed by atoms with van der Waals surface area (Å²) in [6.07, 6.45) is 4.75. The quantitative estimate of drug-likeness (QED) is 0.541. The van der Waals surface area contributed by atoms with Crippen molar-refractivity contribution in [2.24, 2.45) is 0 Å². The molecule has 0 aliphatic carbocycles. The van der Waals surface area contributed by atoms with Crippen molar-refractivity contribution in [2.75, 3.05) is 47.8 Å². The Bertz CT molecular complexity index is 1360. The zero-order chi connectivity index (χ0) is 25.2. The smallest absolute Gasteiger partial charge is 0.227 e. The van der Waals surface area contributed by atoms with Gasteiger partial charge in [0.15, 0.2) is 5.82 Å². The summed E-state index contributed by atoms with van der Waals surface area (Å²) in [6.45, 7) is 8.10. The van der Waals surface area contributed by atoms with Gasteiger partial charge in [-0.2, -0.15) is 5.26 Å². The molecular weight excluding hydrogens is 460 g/mol. The van der Waals surface area contributed by atoms with E-state index in [0.29, 0.717) is 34.6 Å². The number of anilines is 4. The molecule has 1 saturated heterocycles. The maximum atomic E-state index is 15.0. The van der Waals surface area contributed by atoms with Crippen LogP contribution in [0.25, 0.3) is 17.3 Å². The van der Waals surface area contributed by atoms with Gasteiger partial charge in [-0.1, -0.05) is 12.2 Å². The molecule has 0 bridgehead atoms. The number of nitriles is 1. The number of halogens is 2. The molecule has 0 saturated carbocycles. The summed E-state index contributed by atoms with van der Waals surface area (Å²) >= 11 is 0. The first-order chi connectivity index (χ1) is 17.4. The molecule has 2 aliphatic heterocycles. The fourth-order valence-corrected chi connectivity index (χ4v) is 4.66. The lowest BCUT2D eigenvalue weighted by Gasteiger charge is -2.32. The van der Waals surface area contributed by atoms with E-state index in [0.717, 1.165) is 38.1 Å². The van der Waals surface area contributed by atoms with E-state index in [-0.39, 0.29) is 17.7 Å². The van der Waals surface area contributed by atoms with Crippen molar-refractivity contribution < 1.29 is 8.78 Å². The maximum absolute atomic E-state index is 15.0. The molecule has 1 aromatic heterocycles. The number of fused-ring (bicyclic) bond motifs is 1. The largest absolute Gasteiger partial charge is 0.368 e. The Morgan fingerprint density at radius 3 is 2.64 bits per heavy atom. The molecule has 2 aromatic carbocycles. The summed E-state index contributed by atoms with van der Waals surface area (Å²) < 4.78 is 29.8. The third-order valence-electron chi connectivity index (χ3n) is 6.48. The molecule has 2 aliphatic rings. The summed E-state index contributed by atoms with van der Waals surface area (Å²) in [5.41, 5.74) is 3.54. The molecule has 2 N–H and O–H groups in total. The molecule has 5 rings (SSSR count). The van der Waals surface area contributed by atoms with Crippen LogP contribution in [0.4, 0.5) is 31.8 Å². The van der Waals surface area contributed by atoms with Crippen molar-refractivity contribution in [3.63, 3.8) is 0 Å². The fraction of sp³-hybridized carbons (Fsp3) is 0.296. The van der Waals surface area contributed by atoms with Gasteiger partial charge in [0.1, 0.15) is 17.6 Å². The van der Waals surface area contributed by atoms with Crippen LogP contribution in [0.2, 0.25) is 0 Å². The van der Waals surface area contributed by atoms with Gasteiger partial charge in [-0.05, 0) is 44.2 Å². The minimum Gasteiger partial charge on any atom is -0.368 e. The Hall–Kier alpha value is -4.03. The normalized spacial score (nSPS) is 15.1. The summed E-state index contributed by atoms with van der Waals surface area (Å²) in [5, 5.41) is 16.1. The van der Waals surface area contributed by atoms with Crippen LogP contribution in [0.5, 0.6) is 0 Å². The van der Waals surface area contributed by atoms with Gasteiger partial charge in [0.25, 0.3) is 0 Å². The average Bonchev–Trinajstić information content (AvgIpc) is 2.89. The predicted molar refractivity (Wildman–Crippen MR) is 138 cm³/mol. The first-order valence-corrected chi connectivity index (χ1v) is 12.0. The van der Waals surface area contributed by atoms with Crippen LogP contribution in [0.1, 0.15) is 25.0 Å². The molecular formula is C27H27F2N7. The van der Waals surface area contributed by atoms with Crippen LogP contribution in [0.15, 0.2) is 42.6 Å². The van der Waals surface area contributed by atoms with E-state index in [2.05, 4.69) is 36.5 Å². The van der Waals surface area contributed by atoms with Gasteiger partial charge < -0.3 is 20.4 Å². The zero-order valence-electron chi connectivity index (χ0n) is 20.2. The van der Waals surface area contributed by atoms with E-state index in [1.165, 1.54) is 6.07 Å². The molecule has 0 amide bonds. The van der Waals surface area contributed by atoms with Crippen LogP contribution in [0.3, 0.4) is 0 Å². The molecule has 1 fully saturated rings. The number of nitrogens with zero attached hydrogens (tertiary/aromatic N) is 5. The lowest BCUT2D eigenvalue weighted by molar-refractivity contribution is 0.589. The fourth-order valence-electron chi connectivity index (χ4n) is 4.66. The number of benzene rings is 2. The monoisotopic (exact) mass is 487 g/mol. The molecule has 0 atom stereocenters. The standard InChI is InChI=1S/C27H27F2N7/c1-17(2)36-9-3-4-21-22(28)13-18(14-25(21)36)26-23(29)16-32-27(34-26)33-20-5-6-24(19(12-20)15-30)35-10-7-31-8-11-35/h3-6,12-14,16-17,31H,7-11H2,1-2H3,(H,32,33,34). The van der Waals surface area contributed by atoms with E-state index >= 15 is 4.39 Å². The van der Waals surface area contributed by atoms with Gasteiger partial charge in [-0.25, -0.2) is 18.7 Å². The molecule has 0 radical (unpaired) electrons. The lowest BCUT2D eigenvalue weighted by Crippen LogP contribution is -2.43. The van der Waals surface area contributed by atoms with Gasteiger partial charge in [0.2, 0.25) is 5.95 Å².